The lowest BCUT2D eigenvalue weighted by molar-refractivity contribution is -0.132. The molecule has 0 aromatic carbocycles. The molecule has 2 aliphatic heterocycles. The van der Waals surface area contributed by atoms with Crippen molar-refractivity contribution >= 4 is 33.2 Å². The zero-order valence-corrected chi connectivity index (χ0v) is 14.7. The summed E-state index contributed by atoms with van der Waals surface area (Å²) in [5, 5.41) is 4.67. The number of amides is 2. The number of thiophene rings is 1. The van der Waals surface area contributed by atoms with Gasteiger partial charge >= 0.3 is 0 Å². The molecule has 3 fully saturated rings. The average molecular weight is 369 g/mol. The van der Waals surface area contributed by atoms with Gasteiger partial charge in [-0.3, -0.25) is 9.59 Å². The molecular formula is C15H19N3O4S2. The molecule has 1 saturated carbocycles. The van der Waals surface area contributed by atoms with Crippen molar-refractivity contribution in [2.75, 3.05) is 19.6 Å². The Morgan fingerprint density at radius 1 is 1.25 bits per heavy atom. The minimum atomic E-state index is -3.44. The molecule has 4 rings (SSSR count). The number of nitrogens with zero attached hydrogens (tertiary/aromatic N) is 2. The first-order chi connectivity index (χ1) is 11.4. The van der Waals surface area contributed by atoms with E-state index < -0.39 is 10.0 Å². The maximum absolute atomic E-state index is 12.4. The summed E-state index contributed by atoms with van der Waals surface area (Å²) in [6, 6.07) is 3.47. The van der Waals surface area contributed by atoms with Gasteiger partial charge in [0, 0.05) is 32.1 Å². The van der Waals surface area contributed by atoms with Crippen LogP contribution in [0.2, 0.25) is 0 Å². The van der Waals surface area contributed by atoms with Crippen LogP contribution in [-0.2, 0) is 19.6 Å². The van der Waals surface area contributed by atoms with Gasteiger partial charge in [-0.05, 0) is 24.3 Å². The fraction of sp³-hybridized carbons (Fsp3) is 0.600. The van der Waals surface area contributed by atoms with Gasteiger partial charge in [0.2, 0.25) is 11.8 Å². The van der Waals surface area contributed by atoms with Crippen LogP contribution in [0.15, 0.2) is 21.7 Å². The van der Waals surface area contributed by atoms with Crippen LogP contribution < -0.4 is 5.32 Å². The van der Waals surface area contributed by atoms with E-state index >= 15 is 0 Å². The number of hydrogen-bond acceptors (Lipinski definition) is 5. The van der Waals surface area contributed by atoms with Crippen molar-refractivity contribution in [3.63, 3.8) is 0 Å². The molecule has 7 nitrogen and oxygen atoms in total. The van der Waals surface area contributed by atoms with Crippen LogP contribution >= 0.6 is 11.3 Å². The van der Waals surface area contributed by atoms with Crippen molar-refractivity contribution in [2.24, 2.45) is 5.92 Å². The molecule has 3 aliphatic rings. The predicted molar refractivity (Wildman–Crippen MR) is 87.9 cm³/mol. The molecule has 130 valence electrons. The molecule has 24 heavy (non-hydrogen) atoms. The van der Waals surface area contributed by atoms with Crippen LogP contribution in [0.1, 0.15) is 19.3 Å². The third-order valence-electron chi connectivity index (χ3n) is 4.81. The van der Waals surface area contributed by atoms with Crippen LogP contribution in [0.25, 0.3) is 0 Å². The van der Waals surface area contributed by atoms with E-state index in [0.29, 0.717) is 23.8 Å². The van der Waals surface area contributed by atoms with Crippen LogP contribution in [-0.4, -0.2) is 61.2 Å². The monoisotopic (exact) mass is 369 g/mol. The van der Waals surface area contributed by atoms with Gasteiger partial charge in [0.1, 0.15) is 4.21 Å². The molecular weight excluding hydrogens is 350 g/mol. The highest BCUT2D eigenvalue weighted by molar-refractivity contribution is 7.91. The van der Waals surface area contributed by atoms with Crippen molar-refractivity contribution in [2.45, 2.75) is 35.6 Å². The maximum atomic E-state index is 12.4. The number of likely N-dealkylation sites (tertiary alicyclic amines) is 1. The normalized spacial score (nSPS) is 25.8. The summed E-state index contributed by atoms with van der Waals surface area (Å²) in [5.41, 5.74) is 0. The molecule has 0 radical (unpaired) electrons. The SMILES string of the molecule is O=C(NC1CC1)C1CC(=O)N(C2CN(S(=O)(=O)c3cccs3)C2)C1. The molecule has 2 amide bonds. The van der Waals surface area contributed by atoms with Crippen LogP contribution in [0.5, 0.6) is 0 Å². The van der Waals surface area contributed by atoms with Gasteiger partial charge in [-0.1, -0.05) is 6.07 Å². The van der Waals surface area contributed by atoms with Crippen molar-refractivity contribution in [1.82, 2.24) is 14.5 Å². The summed E-state index contributed by atoms with van der Waals surface area (Å²) in [4.78, 5) is 26.0. The third kappa shape index (κ3) is 2.84. The average Bonchev–Trinajstić information content (AvgIpc) is 2.99. The summed E-state index contributed by atoms with van der Waals surface area (Å²) in [7, 11) is -3.44. The minimum Gasteiger partial charge on any atom is -0.353 e. The number of carbonyl (C=O) groups excluding carboxylic acids is 2. The van der Waals surface area contributed by atoms with Gasteiger partial charge in [0.05, 0.1) is 12.0 Å². The van der Waals surface area contributed by atoms with E-state index in [-0.39, 0.29) is 36.2 Å². The van der Waals surface area contributed by atoms with Crippen molar-refractivity contribution in [1.29, 1.82) is 0 Å². The smallest absolute Gasteiger partial charge is 0.252 e. The zero-order valence-electron chi connectivity index (χ0n) is 13.1. The first-order valence-corrected chi connectivity index (χ1v) is 10.4. The number of rotatable bonds is 5. The van der Waals surface area contributed by atoms with E-state index in [2.05, 4.69) is 5.32 Å². The Hall–Kier alpha value is -1.45. The molecule has 9 heteroatoms. The van der Waals surface area contributed by atoms with Crippen molar-refractivity contribution in [3.8, 4) is 0 Å². The summed E-state index contributed by atoms with van der Waals surface area (Å²) < 4.78 is 26.5. The Bertz CT molecular complexity index is 752. The molecule has 1 atom stereocenters. The first kappa shape index (κ1) is 16.0. The largest absolute Gasteiger partial charge is 0.353 e. The molecule has 1 aliphatic carbocycles. The Balaban J connectivity index is 1.35. The lowest BCUT2D eigenvalue weighted by Crippen LogP contribution is -2.61. The van der Waals surface area contributed by atoms with E-state index in [1.807, 2.05) is 0 Å². The third-order valence-corrected chi connectivity index (χ3v) is 8.02. The molecule has 0 bridgehead atoms. The first-order valence-electron chi connectivity index (χ1n) is 8.08. The summed E-state index contributed by atoms with van der Waals surface area (Å²) in [6.45, 7) is 1.01. The highest BCUT2D eigenvalue weighted by Gasteiger charge is 2.46. The lowest BCUT2D eigenvalue weighted by atomic mass is 10.1. The second kappa shape index (κ2) is 5.82. The Morgan fingerprint density at radius 2 is 2.00 bits per heavy atom. The van der Waals surface area contributed by atoms with E-state index in [0.717, 1.165) is 12.8 Å². The van der Waals surface area contributed by atoms with E-state index in [4.69, 9.17) is 0 Å². The van der Waals surface area contributed by atoms with Gasteiger partial charge in [0.15, 0.2) is 0 Å². The van der Waals surface area contributed by atoms with E-state index in [9.17, 15) is 18.0 Å². The fourth-order valence-electron chi connectivity index (χ4n) is 3.15. The van der Waals surface area contributed by atoms with Crippen molar-refractivity contribution in [3.05, 3.63) is 17.5 Å². The molecule has 3 heterocycles. The topological polar surface area (TPSA) is 86.8 Å². The standard InChI is InChI=1S/C15H19N3O4S2/c19-13-6-10(15(20)16-11-3-4-11)7-18(13)12-8-17(9-12)24(21,22)14-2-1-5-23-14/h1-2,5,10-12H,3-4,6-9H2,(H,16,20). The second-order valence-electron chi connectivity index (χ2n) is 6.64. The number of hydrogen-bond donors (Lipinski definition) is 1. The van der Waals surface area contributed by atoms with Gasteiger partial charge in [0.25, 0.3) is 10.0 Å². The second-order valence-corrected chi connectivity index (χ2v) is 9.75. The van der Waals surface area contributed by atoms with Crippen molar-refractivity contribution < 1.29 is 18.0 Å². The quantitative estimate of drug-likeness (QED) is 0.806. The van der Waals surface area contributed by atoms with Crippen LogP contribution in [0.3, 0.4) is 0 Å². The Labute approximate surface area is 144 Å². The van der Waals surface area contributed by atoms with Crippen LogP contribution in [0.4, 0.5) is 0 Å². The number of nitrogens with one attached hydrogen (secondary N) is 1. The highest BCUT2D eigenvalue weighted by Crippen LogP contribution is 2.30. The Morgan fingerprint density at radius 3 is 2.62 bits per heavy atom. The summed E-state index contributed by atoms with van der Waals surface area (Å²) in [5.74, 6) is -0.402. The molecule has 0 spiro atoms. The molecule has 1 unspecified atom stereocenters. The van der Waals surface area contributed by atoms with Gasteiger partial charge < -0.3 is 10.2 Å². The maximum Gasteiger partial charge on any atom is 0.252 e. The number of carbonyl (C=O) groups is 2. The lowest BCUT2D eigenvalue weighted by Gasteiger charge is -2.42. The van der Waals surface area contributed by atoms with Gasteiger partial charge in [-0.2, -0.15) is 4.31 Å². The summed E-state index contributed by atoms with van der Waals surface area (Å²) >= 11 is 1.19. The van der Waals surface area contributed by atoms with Gasteiger partial charge in [-0.15, -0.1) is 11.3 Å². The minimum absolute atomic E-state index is 0.0456. The van der Waals surface area contributed by atoms with E-state index in [1.165, 1.54) is 15.6 Å². The molecule has 1 aromatic heterocycles. The number of sulfonamides is 1. The summed E-state index contributed by atoms with van der Waals surface area (Å²) in [6.07, 6.45) is 2.27. The predicted octanol–water partition coefficient (Wildman–Crippen LogP) is 0.248. The zero-order chi connectivity index (χ0) is 16.9. The Kier molecular flexibility index (Phi) is 3.89. The molecule has 1 aromatic rings. The highest BCUT2D eigenvalue weighted by atomic mass is 32.2. The van der Waals surface area contributed by atoms with Gasteiger partial charge in [-0.25, -0.2) is 8.42 Å². The molecule has 2 saturated heterocycles. The van der Waals surface area contributed by atoms with Crippen LogP contribution in [0, 0.1) is 5.92 Å². The van der Waals surface area contributed by atoms with E-state index in [1.54, 1.807) is 22.4 Å². The molecule has 1 N–H and O–H groups in total. The fourth-order valence-corrected chi connectivity index (χ4v) is 5.81.